The Bertz CT molecular complexity index is 357. The lowest BCUT2D eigenvalue weighted by Gasteiger charge is -2.29. The predicted octanol–water partition coefficient (Wildman–Crippen LogP) is 5.42. The van der Waals surface area contributed by atoms with Gasteiger partial charge in [0.1, 0.15) is 0 Å². The van der Waals surface area contributed by atoms with E-state index in [0.717, 1.165) is 0 Å². The van der Waals surface area contributed by atoms with Crippen LogP contribution in [-0.2, 0) is 0 Å². The Morgan fingerprint density at radius 3 is 1.82 bits per heavy atom. The summed E-state index contributed by atoms with van der Waals surface area (Å²) in [6, 6.07) is 10.8. The monoisotopic (exact) mass is 230 g/mol. The molecule has 1 atom stereocenters. The SMILES string of the molecule is CC(C)(C)/C=C/[C@@H](c1ccccc1)C(C)(C)C. The van der Waals surface area contributed by atoms with Crippen LogP contribution in [-0.4, -0.2) is 0 Å². The Hall–Kier alpha value is -1.04. The van der Waals surface area contributed by atoms with Crippen LogP contribution in [0.5, 0.6) is 0 Å². The molecule has 1 aromatic rings. The molecule has 0 aromatic heterocycles. The van der Waals surface area contributed by atoms with E-state index in [0.29, 0.717) is 5.92 Å². The quantitative estimate of drug-likeness (QED) is 0.595. The van der Waals surface area contributed by atoms with Gasteiger partial charge in [-0.05, 0) is 16.4 Å². The molecule has 0 unspecified atom stereocenters. The van der Waals surface area contributed by atoms with Crippen molar-refractivity contribution in [1.29, 1.82) is 0 Å². The van der Waals surface area contributed by atoms with Crippen LogP contribution in [0.15, 0.2) is 42.5 Å². The van der Waals surface area contributed by atoms with Crippen LogP contribution in [0.4, 0.5) is 0 Å². The zero-order valence-electron chi connectivity index (χ0n) is 12.1. The molecule has 0 heteroatoms. The van der Waals surface area contributed by atoms with Gasteiger partial charge in [0, 0.05) is 5.92 Å². The van der Waals surface area contributed by atoms with Crippen LogP contribution in [0.3, 0.4) is 0 Å². The van der Waals surface area contributed by atoms with E-state index in [1.54, 1.807) is 0 Å². The summed E-state index contributed by atoms with van der Waals surface area (Å²) in [4.78, 5) is 0. The van der Waals surface area contributed by atoms with Crippen molar-refractivity contribution in [2.75, 3.05) is 0 Å². The largest absolute Gasteiger partial charge is 0.0825 e. The Morgan fingerprint density at radius 2 is 1.41 bits per heavy atom. The molecule has 17 heavy (non-hydrogen) atoms. The van der Waals surface area contributed by atoms with E-state index in [2.05, 4.69) is 84.0 Å². The highest BCUT2D eigenvalue weighted by Crippen LogP contribution is 2.37. The first-order valence-electron chi connectivity index (χ1n) is 6.44. The molecule has 0 radical (unpaired) electrons. The second-order valence-corrected chi connectivity index (χ2v) is 6.98. The van der Waals surface area contributed by atoms with Crippen molar-refractivity contribution in [3.05, 3.63) is 48.0 Å². The summed E-state index contributed by atoms with van der Waals surface area (Å²) in [6.45, 7) is 13.6. The summed E-state index contributed by atoms with van der Waals surface area (Å²) in [6.07, 6.45) is 4.70. The fraction of sp³-hybridized carbons (Fsp3) is 0.529. The van der Waals surface area contributed by atoms with E-state index in [9.17, 15) is 0 Å². The highest BCUT2D eigenvalue weighted by atomic mass is 14.3. The van der Waals surface area contributed by atoms with Crippen LogP contribution in [0.25, 0.3) is 0 Å². The third-order valence-electron chi connectivity index (χ3n) is 2.88. The van der Waals surface area contributed by atoms with Gasteiger partial charge < -0.3 is 0 Å². The second kappa shape index (κ2) is 5.08. The van der Waals surface area contributed by atoms with Crippen molar-refractivity contribution in [2.24, 2.45) is 10.8 Å². The Morgan fingerprint density at radius 1 is 0.882 bits per heavy atom. The van der Waals surface area contributed by atoms with Crippen molar-refractivity contribution < 1.29 is 0 Å². The number of hydrogen-bond acceptors (Lipinski definition) is 0. The molecule has 1 rings (SSSR count). The summed E-state index contributed by atoms with van der Waals surface area (Å²) in [7, 11) is 0. The molecular weight excluding hydrogens is 204 g/mol. The van der Waals surface area contributed by atoms with Gasteiger partial charge in [-0.3, -0.25) is 0 Å². The standard InChI is InChI=1S/C17H26/c1-16(2,3)13-12-15(17(4,5)6)14-10-8-7-9-11-14/h7-13,15H,1-6H3/b13-12+/t15-/m0/s1. The molecule has 0 amide bonds. The van der Waals surface area contributed by atoms with E-state index in [1.807, 2.05) is 0 Å². The first kappa shape index (κ1) is 14.0. The minimum atomic E-state index is 0.248. The molecule has 94 valence electrons. The van der Waals surface area contributed by atoms with Gasteiger partial charge in [-0.25, -0.2) is 0 Å². The molecule has 0 aliphatic heterocycles. The third-order valence-corrected chi connectivity index (χ3v) is 2.88. The number of allylic oxidation sites excluding steroid dienone is 2. The second-order valence-electron chi connectivity index (χ2n) is 6.98. The van der Waals surface area contributed by atoms with Gasteiger partial charge in [0.2, 0.25) is 0 Å². The van der Waals surface area contributed by atoms with E-state index >= 15 is 0 Å². The van der Waals surface area contributed by atoms with Crippen molar-refractivity contribution in [3.8, 4) is 0 Å². The van der Waals surface area contributed by atoms with Gasteiger partial charge >= 0.3 is 0 Å². The molecule has 0 aliphatic carbocycles. The highest BCUT2D eigenvalue weighted by Gasteiger charge is 2.24. The minimum Gasteiger partial charge on any atom is -0.0825 e. The van der Waals surface area contributed by atoms with Crippen molar-refractivity contribution in [2.45, 2.75) is 47.5 Å². The van der Waals surface area contributed by atoms with Crippen molar-refractivity contribution >= 4 is 0 Å². The van der Waals surface area contributed by atoms with E-state index < -0.39 is 0 Å². The molecule has 0 saturated carbocycles. The summed E-state index contributed by atoms with van der Waals surface area (Å²) >= 11 is 0. The topological polar surface area (TPSA) is 0 Å². The zero-order chi connectivity index (χ0) is 13.1. The zero-order valence-corrected chi connectivity index (χ0v) is 12.1. The smallest absolute Gasteiger partial charge is 0.00667 e. The van der Waals surface area contributed by atoms with Gasteiger partial charge in [0.05, 0.1) is 0 Å². The van der Waals surface area contributed by atoms with Crippen LogP contribution in [0.2, 0.25) is 0 Å². The van der Waals surface area contributed by atoms with Gasteiger partial charge in [0.15, 0.2) is 0 Å². The lowest BCUT2D eigenvalue weighted by Crippen LogP contribution is -2.17. The minimum absolute atomic E-state index is 0.248. The van der Waals surface area contributed by atoms with Gasteiger partial charge in [-0.1, -0.05) is 84.0 Å². The van der Waals surface area contributed by atoms with Crippen molar-refractivity contribution in [3.63, 3.8) is 0 Å². The maximum absolute atomic E-state index is 2.37. The average Bonchev–Trinajstić information content (AvgIpc) is 2.15. The van der Waals surface area contributed by atoms with Crippen LogP contribution < -0.4 is 0 Å². The molecule has 1 aromatic carbocycles. The number of rotatable bonds is 2. The fourth-order valence-corrected chi connectivity index (χ4v) is 1.95. The summed E-state index contributed by atoms with van der Waals surface area (Å²) < 4.78 is 0. The van der Waals surface area contributed by atoms with Gasteiger partial charge in [-0.15, -0.1) is 0 Å². The summed E-state index contributed by atoms with van der Waals surface area (Å²) in [5.41, 5.74) is 1.90. The predicted molar refractivity (Wildman–Crippen MR) is 77.2 cm³/mol. The molecule has 0 fully saturated rings. The molecule has 0 heterocycles. The lowest BCUT2D eigenvalue weighted by molar-refractivity contribution is 0.363. The van der Waals surface area contributed by atoms with Gasteiger partial charge in [-0.2, -0.15) is 0 Å². The Balaban J connectivity index is 3.03. The molecule has 0 bridgehead atoms. The van der Waals surface area contributed by atoms with E-state index in [-0.39, 0.29) is 10.8 Å². The normalized spacial score (nSPS) is 15.2. The maximum Gasteiger partial charge on any atom is 0.00667 e. The van der Waals surface area contributed by atoms with Crippen LogP contribution in [0.1, 0.15) is 53.0 Å². The fourth-order valence-electron chi connectivity index (χ4n) is 1.95. The maximum atomic E-state index is 2.37. The van der Waals surface area contributed by atoms with Gasteiger partial charge in [0.25, 0.3) is 0 Å². The first-order chi connectivity index (χ1) is 7.70. The molecule has 0 N–H and O–H groups in total. The van der Waals surface area contributed by atoms with Crippen LogP contribution in [0, 0.1) is 10.8 Å². The molecule has 0 aliphatic rings. The lowest BCUT2D eigenvalue weighted by atomic mass is 9.75. The number of benzene rings is 1. The number of hydrogen-bond donors (Lipinski definition) is 0. The van der Waals surface area contributed by atoms with E-state index in [4.69, 9.17) is 0 Å². The van der Waals surface area contributed by atoms with E-state index in [1.165, 1.54) is 5.56 Å². The molecule has 0 nitrogen and oxygen atoms in total. The summed E-state index contributed by atoms with van der Waals surface area (Å²) in [5, 5.41) is 0. The Labute approximate surface area is 107 Å². The molecule has 0 saturated heterocycles. The average molecular weight is 230 g/mol. The van der Waals surface area contributed by atoms with Crippen LogP contribution >= 0.6 is 0 Å². The molecular formula is C17H26. The first-order valence-corrected chi connectivity index (χ1v) is 6.44. The summed E-state index contributed by atoms with van der Waals surface area (Å²) in [5.74, 6) is 0.475. The Kier molecular flexibility index (Phi) is 4.19. The van der Waals surface area contributed by atoms with Crippen molar-refractivity contribution in [1.82, 2.24) is 0 Å². The highest BCUT2D eigenvalue weighted by molar-refractivity contribution is 5.26. The third kappa shape index (κ3) is 4.77. The molecule has 0 spiro atoms.